The van der Waals surface area contributed by atoms with Gasteiger partial charge in [0.1, 0.15) is 0 Å². The highest BCUT2D eigenvalue weighted by molar-refractivity contribution is 5.55. The van der Waals surface area contributed by atoms with Crippen LogP contribution in [-0.2, 0) is 0 Å². The summed E-state index contributed by atoms with van der Waals surface area (Å²) in [6, 6.07) is 1.24. The molecule has 1 aliphatic carbocycles. The van der Waals surface area contributed by atoms with E-state index in [2.05, 4.69) is 24.2 Å². The predicted molar refractivity (Wildman–Crippen MR) is 72.1 cm³/mol. The highest BCUT2D eigenvalue weighted by atomic mass is 15.0. The minimum atomic E-state index is 0.602. The molecule has 1 fully saturated rings. The minimum Gasteiger partial charge on any atom is -0.374 e. The van der Waals surface area contributed by atoms with Gasteiger partial charge in [0.2, 0.25) is 0 Å². The van der Waals surface area contributed by atoms with Crippen LogP contribution in [0, 0.1) is 0 Å². The standard InChI is InChI=1S/C14H28N2/c1-3-8-13(9-4-2)15-12-16-14-10-6-5-7-11-14/h12-14H,3-11H2,1-2H3,(H,15,16). The van der Waals surface area contributed by atoms with Gasteiger partial charge in [0.15, 0.2) is 0 Å². The van der Waals surface area contributed by atoms with Crippen LogP contribution in [-0.4, -0.2) is 18.4 Å². The molecule has 0 aromatic heterocycles. The minimum absolute atomic E-state index is 0.602. The summed E-state index contributed by atoms with van der Waals surface area (Å²) in [4.78, 5) is 4.65. The number of nitrogens with one attached hydrogen (secondary N) is 1. The molecular formula is C14H28N2. The fraction of sp³-hybridized carbons (Fsp3) is 0.929. The summed E-state index contributed by atoms with van der Waals surface area (Å²) in [5.41, 5.74) is 0. The molecule has 1 aliphatic rings. The van der Waals surface area contributed by atoms with E-state index in [1.54, 1.807) is 0 Å². The van der Waals surface area contributed by atoms with Gasteiger partial charge in [0.05, 0.1) is 12.4 Å². The molecular weight excluding hydrogens is 196 g/mol. The van der Waals surface area contributed by atoms with Crippen molar-refractivity contribution < 1.29 is 0 Å². The van der Waals surface area contributed by atoms with Gasteiger partial charge >= 0.3 is 0 Å². The lowest BCUT2D eigenvalue weighted by Gasteiger charge is -2.19. The second kappa shape index (κ2) is 8.60. The first-order chi connectivity index (χ1) is 7.86. The Bertz CT molecular complexity index is 177. The highest BCUT2D eigenvalue weighted by Crippen LogP contribution is 2.19. The first kappa shape index (κ1) is 13.5. The first-order valence-electron chi connectivity index (χ1n) is 7.14. The van der Waals surface area contributed by atoms with Gasteiger partial charge < -0.3 is 5.32 Å². The second-order valence-electron chi connectivity index (χ2n) is 5.01. The zero-order valence-electron chi connectivity index (χ0n) is 11.0. The average Bonchev–Trinajstić information content (AvgIpc) is 2.31. The highest BCUT2D eigenvalue weighted by Gasteiger charge is 2.11. The van der Waals surface area contributed by atoms with E-state index in [0.29, 0.717) is 12.1 Å². The summed E-state index contributed by atoms with van der Waals surface area (Å²) in [5.74, 6) is 0. The smallest absolute Gasteiger partial charge is 0.0829 e. The van der Waals surface area contributed by atoms with Crippen LogP contribution in [0.2, 0.25) is 0 Å². The molecule has 0 heterocycles. The molecule has 0 unspecified atom stereocenters. The molecule has 0 amide bonds. The molecule has 94 valence electrons. The Hall–Kier alpha value is -0.530. The molecule has 1 rings (SSSR count). The van der Waals surface area contributed by atoms with Gasteiger partial charge in [-0.25, -0.2) is 0 Å². The van der Waals surface area contributed by atoms with Crippen molar-refractivity contribution in [2.24, 2.45) is 4.99 Å². The van der Waals surface area contributed by atoms with Crippen molar-refractivity contribution in [1.29, 1.82) is 0 Å². The van der Waals surface area contributed by atoms with E-state index in [4.69, 9.17) is 0 Å². The third-order valence-corrected chi connectivity index (χ3v) is 3.44. The molecule has 2 nitrogen and oxygen atoms in total. The maximum atomic E-state index is 4.65. The molecule has 0 aromatic rings. The van der Waals surface area contributed by atoms with Crippen LogP contribution in [0.15, 0.2) is 4.99 Å². The summed E-state index contributed by atoms with van der Waals surface area (Å²) in [5, 5.41) is 3.48. The summed E-state index contributed by atoms with van der Waals surface area (Å²) in [7, 11) is 0. The van der Waals surface area contributed by atoms with E-state index < -0.39 is 0 Å². The van der Waals surface area contributed by atoms with Gasteiger partial charge in [-0.3, -0.25) is 4.99 Å². The third-order valence-electron chi connectivity index (χ3n) is 3.44. The number of hydrogen-bond acceptors (Lipinski definition) is 1. The van der Waals surface area contributed by atoms with E-state index >= 15 is 0 Å². The Kier molecular flexibility index (Phi) is 7.28. The number of rotatable bonds is 7. The van der Waals surface area contributed by atoms with Gasteiger partial charge in [-0.1, -0.05) is 46.0 Å². The van der Waals surface area contributed by atoms with Gasteiger partial charge in [-0.05, 0) is 25.7 Å². The van der Waals surface area contributed by atoms with Crippen molar-refractivity contribution in [1.82, 2.24) is 5.32 Å². The van der Waals surface area contributed by atoms with Crippen molar-refractivity contribution in [3.63, 3.8) is 0 Å². The van der Waals surface area contributed by atoms with Crippen molar-refractivity contribution in [3.8, 4) is 0 Å². The summed E-state index contributed by atoms with van der Waals surface area (Å²) in [6.45, 7) is 4.51. The van der Waals surface area contributed by atoms with Gasteiger partial charge in [-0.2, -0.15) is 0 Å². The molecule has 0 bridgehead atoms. The molecule has 0 radical (unpaired) electrons. The largest absolute Gasteiger partial charge is 0.374 e. The van der Waals surface area contributed by atoms with Gasteiger partial charge in [-0.15, -0.1) is 0 Å². The van der Waals surface area contributed by atoms with Crippen LogP contribution in [0.1, 0.15) is 71.6 Å². The van der Waals surface area contributed by atoms with Gasteiger partial charge in [0.25, 0.3) is 0 Å². The van der Waals surface area contributed by atoms with Crippen molar-refractivity contribution in [3.05, 3.63) is 0 Å². The topological polar surface area (TPSA) is 24.4 Å². The summed E-state index contributed by atoms with van der Waals surface area (Å²) < 4.78 is 0. The van der Waals surface area contributed by atoms with E-state index in [0.717, 1.165) is 0 Å². The zero-order chi connectivity index (χ0) is 11.6. The Labute approximate surface area is 101 Å². The molecule has 0 spiro atoms. The lowest BCUT2D eigenvalue weighted by molar-refractivity contribution is 0.441. The van der Waals surface area contributed by atoms with Crippen LogP contribution in [0.4, 0.5) is 0 Å². The Balaban J connectivity index is 2.20. The predicted octanol–water partition coefficient (Wildman–Crippen LogP) is 3.91. The molecule has 2 heteroatoms. The van der Waals surface area contributed by atoms with Crippen LogP contribution in [0.3, 0.4) is 0 Å². The van der Waals surface area contributed by atoms with Crippen molar-refractivity contribution in [2.75, 3.05) is 0 Å². The molecule has 1 N–H and O–H groups in total. The lowest BCUT2D eigenvalue weighted by Crippen LogP contribution is -2.28. The second-order valence-corrected chi connectivity index (χ2v) is 5.01. The number of hydrogen-bond donors (Lipinski definition) is 1. The maximum absolute atomic E-state index is 4.65. The zero-order valence-corrected chi connectivity index (χ0v) is 11.0. The van der Waals surface area contributed by atoms with Crippen molar-refractivity contribution in [2.45, 2.75) is 83.7 Å². The lowest BCUT2D eigenvalue weighted by atomic mass is 9.96. The molecule has 16 heavy (non-hydrogen) atoms. The van der Waals surface area contributed by atoms with E-state index in [-0.39, 0.29) is 0 Å². The quantitative estimate of drug-likeness (QED) is 0.514. The SMILES string of the molecule is CCCC(CCC)NC=NC1CCCCC1. The molecule has 1 saturated carbocycles. The van der Waals surface area contributed by atoms with Crippen LogP contribution in [0.25, 0.3) is 0 Å². The van der Waals surface area contributed by atoms with Crippen molar-refractivity contribution >= 4 is 6.34 Å². The number of nitrogens with zero attached hydrogens (tertiary/aromatic N) is 1. The molecule has 0 saturated heterocycles. The monoisotopic (exact) mass is 224 g/mol. The average molecular weight is 224 g/mol. The van der Waals surface area contributed by atoms with Crippen LogP contribution < -0.4 is 5.32 Å². The fourth-order valence-corrected chi connectivity index (χ4v) is 2.49. The van der Waals surface area contributed by atoms with E-state index in [1.165, 1.54) is 57.8 Å². The Morgan fingerprint density at radius 1 is 1.12 bits per heavy atom. The molecule has 0 aromatic carbocycles. The van der Waals surface area contributed by atoms with E-state index in [9.17, 15) is 0 Å². The van der Waals surface area contributed by atoms with E-state index in [1.807, 2.05) is 6.34 Å². The maximum Gasteiger partial charge on any atom is 0.0829 e. The van der Waals surface area contributed by atoms with Crippen LogP contribution >= 0.6 is 0 Å². The normalized spacial score (nSPS) is 18.4. The van der Waals surface area contributed by atoms with Gasteiger partial charge in [0, 0.05) is 6.04 Å². The number of aliphatic imine (C=N–C) groups is 1. The summed E-state index contributed by atoms with van der Waals surface area (Å²) in [6.07, 6.45) is 13.8. The third kappa shape index (κ3) is 5.53. The fourth-order valence-electron chi connectivity index (χ4n) is 2.49. The summed E-state index contributed by atoms with van der Waals surface area (Å²) >= 11 is 0. The Morgan fingerprint density at radius 3 is 2.31 bits per heavy atom. The molecule has 0 atom stereocenters. The molecule has 0 aliphatic heterocycles. The first-order valence-corrected chi connectivity index (χ1v) is 7.14. The van der Waals surface area contributed by atoms with Crippen LogP contribution in [0.5, 0.6) is 0 Å². The Morgan fingerprint density at radius 2 is 1.75 bits per heavy atom.